The summed E-state index contributed by atoms with van der Waals surface area (Å²) in [5.74, 6) is 0.349. The molecule has 1 heterocycles. The molecular formula is C13H14ClN3O. The van der Waals surface area contributed by atoms with Gasteiger partial charge in [-0.05, 0) is 38.5 Å². The monoisotopic (exact) mass is 263 g/mol. The first-order valence-corrected chi connectivity index (χ1v) is 5.96. The van der Waals surface area contributed by atoms with E-state index in [0.717, 1.165) is 16.8 Å². The van der Waals surface area contributed by atoms with Crippen LogP contribution in [0.2, 0.25) is 5.02 Å². The Hall–Kier alpha value is -1.81. The van der Waals surface area contributed by atoms with Gasteiger partial charge in [-0.3, -0.25) is 9.89 Å². The summed E-state index contributed by atoms with van der Waals surface area (Å²) >= 11 is 5.90. The van der Waals surface area contributed by atoms with Crippen LogP contribution in [0.3, 0.4) is 0 Å². The summed E-state index contributed by atoms with van der Waals surface area (Å²) in [5.41, 5.74) is 3.31. The molecule has 1 aromatic carbocycles. The molecule has 5 heteroatoms. The van der Waals surface area contributed by atoms with Crippen molar-refractivity contribution in [1.29, 1.82) is 0 Å². The maximum Gasteiger partial charge on any atom is 0.257 e. The Morgan fingerprint density at radius 2 is 2.06 bits per heavy atom. The van der Waals surface area contributed by atoms with Crippen LogP contribution in [0.25, 0.3) is 0 Å². The van der Waals surface area contributed by atoms with Crippen molar-refractivity contribution in [3.8, 4) is 0 Å². The van der Waals surface area contributed by atoms with E-state index in [1.54, 1.807) is 12.1 Å². The Morgan fingerprint density at radius 3 is 2.67 bits per heavy atom. The van der Waals surface area contributed by atoms with Crippen molar-refractivity contribution in [2.75, 3.05) is 5.32 Å². The van der Waals surface area contributed by atoms with E-state index in [0.29, 0.717) is 16.4 Å². The van der Waals surface area contributed by atoms with E-state index in [2.05, 4.69) is 15.5 Å². The van der Waals surface area contributed by atoms with Gasteiger partial charge in [-0.25, -0.2) is 0 Å². The summed E-state index contributed by atoms with van der Waals surface area (Å²) in [6, 6.07) is 5.23. The number of carbonyl (C=O) groups is 1. The number of aryl methyl sites for hydroxylation is 2. The molecule has 18 heavy (non-hydrogen) atoms. The van der Waals surface area contributed by atoms with Crippen molar-refractivity contribution in [3.05, 3.63) is 45.6 Å². The Kier molecular flexibility index (Phi) is 3.39. The van der Waals surface area contributed by atoms with Crippen LogP contribution in [-0.4, -0.2) is 16.1 Å². The molecule has 0 aliphatic heterocycles. The Labute approximate surface area is 110 Å². The van der Waals surface area contributed by atoms with Crippen LogP contribution in [0.4, 0.5) is 5.82 Å². The second-order valence-corrected chi connectivity index (χ2v) is 4.67. The van der Waals surface area contributed by atoms with Gasteiger partial charge >= 0.3 is 0 Å². The van der Waals surface area contributed by atoms with Gasteiger partial charge in [-0.15, -0.1) is 0 Å². The number of carbonyl (C=O) groups excluding carboxylic acids is 1. The molecule has 0 spiro atoms. The van der Waals surface area contributed by atoms with Gasteiger partial charge in [0, 0.05) is 21.8 Å². The van der Waals surface area contributed by atoms with E-state index < -0.39 is 0 Å². The van der Waals surface area contributed by atoms with Crippen molar-refractivity contribution in [1.82, 2.24) is 10.2 Å². The fraction of sp³-hybridized carbons (Fsp3) is 0.231. The molecule has 0 radical (unpaired) electrons. The van der Waals surface area contributed by atoms with Gasteiger partial charge in [-0.1, -0.05) is 17.7 Å². The first kappa shape index (κ1) is 12.6. The van der Waals surface area contributed by atoms with Crippen molar-refractivity contribution < 1.29 is 4.79 Å². The Bertz CT molecular complexity index is 604. The largest absolute Gasteiger partial charge is 0.305 e. The minimum absolute atomic E-state index is 0.204. The third-order valence-corrected chi connectivity index (χ3v) is 3.16. The number of halogens is 1. The number of hydrogen-bond donors (Lipinski definition) is 2. The molecule has 1 amide bonds. The number of aromatic amines is 1. The van der Waals surface area contributed by atoms with Gasteiger partial charge in [0.1, 0.15) is 0 Å². The SMILES string of the molecule is Cc1ccc(Cl)cc1C(=O)Nc1n[nH]c(C)c1C. The maximum absolute atomic E-state index is 12.1. The number of amides is 1. The maximum atomic E-state index is 12.1. The second-order valence-electron chi connectivity index (χ2n) is 4.24. The van der Waals surface area contributed by atoms with Gasteiger partial charge in [0.25, 0.3) is 5.91 Å². The molecule has 0 saturated carbocycles. The average Bonchev–Trinajstić information content (AvgIpc) is 2.64. The minimum atomic E-state index is -0.204. The molecule has 0 fully saturated rings. The van der Waals surface area contributed by atoms with Crippen LogP contribution in [0.15, 0.2) is 18.2 Å². The molecule has 0 aliphatic carbocycles. The lowest BCUT2D eigenvalue weighted by molar-refractivity contribution is 0.102. The highest BCUT2D eigenvalue weighted by molar-refractivity contribution is 6.31. The average molecular weight is 264 g/mol. The summed E-state index contributed by atoms with van der Waals surface area (Å²) in [4.78, 5) is 12.1. The lowest BCUT2D eigenvalue weighted by atomic mass is 10.1. The predicted molar refractivity (Wildman–Crippen MR) is 72.2 cm³/mol. The number of benzene rings is 1. The Morgan fingerprint density at radius 1 is 1.33 bits per heavy atom. The summed E-state index contributed by atoms with van der Waals surface area (Å²) in [5, 5.41) is 10.2. The number of anilines is 1. The van der Waals surface area contributed by atoms with Crippen LogP contribution >= 0.6 is 11.6 Å². The van der Waals surface area contributed by atoms with Crippen molar-refractivity contribution >= 4 is 23.3 Å². The first-order chi connectivity index (χ1) is 8.49. The quantitative estimate of drug-likeness (QED) is 0.874. The van der Waals surface area contributed by atoms with Crippen LogP contribution in [0, 0.1) is 20.8 Å². The van der Waals surface area contributed by atoms with E-state index in [1.165, 1.54) is 0 Å². The summed E-state index contributed by atoms with van der Waals surface area (Å²) in [6.45, 7) is 5.68. The van der Waals surface area contributed by atoms with Gasteiger partial charge in [0.05, 0.1) is 0 Å². The van der Waals surface area contributed by atoms with Gasteiger partial charge in [0.2, 0.25) is 0 Å². The van der Waals surface area contributed by atoms with Crippen LogP contribution < -0.4 is 5.32 Å². The molecular weight excluding hydrogens is 250 g/mol. The molecule has 0 aliphatic rings. The molecule has 0 saturated heterocycles. The number of H-pyrrole nitrogens is 1. The molecule has 2 rings (SSSR count). The molecule has 0 unspecified atom stereocenters. The predicted octanol–water partition coefficient (Wildman–Crippen LogP) is 3.24. The van der Waals surface area contributed by atoms with E-state index in [-0.39, 0.29) is 5.91 Å². The highest BCUT2D eigenvalue weighted by atomic mass is 35.5. The Balaban J connectivity index is 2.27. The molecule has 2 aromatic rings. The standard InChI is InChI=1S/C13H14ClN3O/c1-7-4-5-10(14)6-11(7)13(18)15-12-8(2)9(3)16-17-12/h4-6H,1-3H3,(H2,15,16,17,18). The van der Waals surface area contributed by atoms with Gasteiger partial charge in [-0.2, -0.15) is 5.10 Å². The van der Waals surface area contributed by atoms with E-state index in [1.807, 2.05) is 26.8 Å². The third kappa shape index (κ3) is 2.38. The van der Waals surface area contributed by atoms with Crippen LogP contribution in [0.5, 0.6) is 0 Å². The highest BCUT2D eigenvalue weighted by Gasteiger charge is 2.13. The summed E-state index contributed by atoms with van der Waals surface area (Å²) in [7, 11) is 0. The smallest absolute Gasteiger partial charge is 0.257 e. The molecule has 1 aromatic heterocycles. The van der Waals surface area contributed by atoms with Crippen LogP contribution in [0.1, 0.15) is 27.2 Å². The van der Waals surface area contributed by atoms with Crippen molar-refractivity contribution in [2.45, 2.75) is 20.8 Å². The fourth-order valence-electron chi connectivity index (χ4n) is 1.62. The summed E-state index contributed by atoms with van der Waals surface area (Å²) in [6.07, 6.45) is 0. The number of nitrogens with one attached hydrogen (secondary N) is 2. The zero-order valence-corrected chi connectivity index (χ0v) is 11.2. The zero-order valence-electron chi connectivity index (χ0n) is 10.5. The number of rotatable bonds is 2. The summed E-state index contributed by atoms with van der Waals surface area (Å²) < 4.78 is 0. The lowest BCUT2D eigenvalue weighted by Gasteiger charge is -2.06. The van der Waals surface area contributed by atoms with Crippen LogP contribution in [-0.2, 0) is 0 Å². The first-order valence-electron chi connectivity index (χ1n) is 5.58. The third-order valence-electron chi connectivity index (χ3n) is 2.93. The minimum Gasteiger partial charge on any atom is -0.305 e. The van der Waals surface area contributed by atoms with Crippen molar-refractivity contribution in [2.24, 2.45) is 0 Å². The normalized spacial score (nSPS) is 10.4. The molecule has 94 valence electrons. The number of hydrogen-bond acceptors (Lipinski definition) is 2. The number of aromatic nitrogens is 2. The topological polar surface area (TPSA) is 57.8 Å². The van der Waals surface area contributed by atoms with E-state index in [4.69, 9.17) is 11.6 Å². The second kappa shape index (κ2) is 4.82. The number of nitrogens with zero attached hydrogens (tertiary/aromatic N) is 1. The highest BCUT2D eigenvalue weighted by Crippen LogP contribution is 2.19. The molecule has 0 atom stereocenters. The van der Waals surface area contributed by atoms with Crippen molar-refractivity contribution in [3.63, 3.8) is 0 Å². The zero-order chi connectivity index (χ0) is 13.3. The van der Waals surface area contributed by atoms with E-state index >= 15 is 0 Å². The van der Waals surface area contributed by atoms with Gasteiger partial charge < -0.3 is 5.32 Å². The lowest BCUT2D eigenvalue weighted by Crippen LogP contribution is -2.14. The fourth-order valence-corrected chi connectivity index (χ4v) is 1.79. The molecule has 4 nitrogen and oxygen atoms in total. The van der Waals surface area contributed by atoms with Gasteiger partial charge in [0.15, 0.2) is 5.82 Å². The molecule has 0 bridgehead atoms. The molecule has 2 N–H and O–H groups in total. The van der Waals surface area contributed by atoms with E-state index in [9.17, 15) is 4.79 Å².